The van der Waals surface area contributed by atoms with Crippen LogP contribution in [0.4, 0.5) is 4.79 Å². The van der Waals surface area contributed by atoms with Crippen LogP contribution in [0.2, 0.25) is 5.02 Å². The van der Waals surface area contributed by atoms with E-state index in [1.54, 1.807) is 24.3 Å². The monoisotopic (exact) mass is 428 g/mol. The minimum Gasteiger partial charge on any atom is -0.467 e. The first-order chi connectivity index (χ1) is 14.5. The third-order valence-corrected chi connectivity index (χ3v) is 5.44. The minimum atomic E-state index is -0.581. The number of halogens is 1. The van der Waals surface area contributed by atoms with E-state index in [1.165, 1.54) is 11.3 Å². The zero-order valence-corrected chi connectivity index (χ0v) is 17.1. The van der Waals surface area contributed by atoms with Crippen LogP contribution in [-0.2, 0) is 9.59 Å². The fraction of sp³-hybridized carbons (Fsp3) is 0.333. The van der Waals surface area contributed by atoms with E-state index in [2.05, 4.69) is 10.4 Å². The van der Waals surface area contributed by atoms with Gasteiger partial charge in [0.15, 0.2) is 0 Å². The molecule has 4 amide bonds. The highest BCUT2D eigenvalue weighted by molar-refractivity contribution is 6.30. The molecular formula is C21H21ClN4O4. The van der Waals surface area contributed by atoms with Gasteiger partial charge in [-0.3, -0.25) is 14.5 Å². The molecule has 1 N–H and O–H groups in total. The highest BCUT2D eigenvalue weighted by atomic mass is 35.5. The van der Waals surface area contributed by atoms with Gasteiger partial charge in [0, 0.05) is 11.4 Å². The standard InChI is InChI=1S/C21H21ClN4O4/c1-2-4-15-20(28)25(21(29)23-15)12-19(27)26-17(18-5-3-10-30-18)11-16(24-26)13-6-8-14(22)9-7-13/h3,5-10,15,17H,2,4,11-12H2,1H3,(H,23,29)/t15-,17-/m1/s1. The van der Waals surface area contributed by atoms with Crippen LogP contribution >= 0.6 is 11.6 Å². The lowest BCUT2D eigenvalue weighted by Gasteiger charge is -2.22. The van der Waals surface area contributed by atoms with Crippen molar-refractivity contribution < 1.29 is 18.8 Å². The van der Waals surface area contributed by atoms with E-state index in [-0.39, 0.29) is 12.5 Å². The van der Waals surface area contributed by atoms with Gasteiger partial charge in [-0.25, -0.2) is 9.80 Å². The summed E-state index contributed by atoms with van der Waals surface area (Å²) in [5, 5.41) is 9.04. The molecule has 2 aliphatic heterocycles. The lowest BCUT2D eigenvalue weighted by molar-refractivity contribution is -0.138. The topological polar surface area (TPSA) is 95.2 Å². The molecule has 1 fully saturated rings. The number of amides is 4. The highest BCUT2D eigenvalue weighted by Gasteiger charge is 2.41. The Morgan fingerprint density at radius 3 is 2.70 bits per heavy atom. The molecule has 2 aliphatic rings. The van der Waals surface area contributed by atoms with Crippen LogP contribution in [0.25, 0.3) is 0 Å². The normalized spacial score (nSPS) is 21.2. The van der Waals surface area contributed by atoms with E-state index in [0.717, 1.165) is 16.9 Å². The average molecular weight is 429 g/mol. The van der Waals surface area contributed by atoms with Crippen LogP contribution in [-0.4, -0.2) is 46.1 Å². The number of benzene rings is 1. The third-order valence-electron chi connectivity index (χ3n) is 5.19. The van der Waals surface area contributed by atoms with Crippen molar-refractivity contribution in [3.05, 3.63) is 59.0 Å². The zero-order chi connectivity index (χ0) is 21.3. The first kappa shape index (κ1) is 20.2. The molecule has 30 heavy (non-hydrogen) atoms. The summed E-state index contributed by atoms with van der Waals surface area (Å²) in [5.41, 5.74) is 1.53. The van der Waals surface area contributed by atoms with Crippen molar-refractivity contribution in [3.8, 4) is 0 Å². The van der Waals surface area contributed by atoms with Crippen LogP contribution in [0, 0.1) is 0 Å². The van der Waals surface area contributed by atoms with Gasteiger partial charge in [0.1, 0.15) is 24.4 Å². The van der Waals surface area contributed by atoms with Crippen LogP contribution in [0.3, 0.4) is 0 Å². The molecule has 1 saturated heterocycles. The number of furan rings is 1. The van der Waals surface area contributed by atoms with Gasteiger partial charge in [0.25, 0.3) is 11.8 Å². The quantitative estimate of drug-likeness (QED) is 0.714. The lowest BCUT2D eigenvalue weighted by atomic mass is 10.0. The molecule has 0 saturated carbocycles. The Hall–Kier alpha value is -3.13. The summed E-state index contributed by atoms with van der Waals surface area (Å²) < 4.78 is 5.51. The molecule has 2 aromatic rings. The Kier molecular flexibility index (Phi) is 5.59. The minimum absolute atomic E-state index is 0.376. The molecule has 0 spiro atoms. The van der Waals surface area contributed by atoms with Crippen LogP contribution < -0.4 is 5.32 Å². The molecule has 156 valence electrons. The van der Waals surface area contributed by atoms with Gasteiger partial charge >= 0.3 is 6.03 Å². The van der Waals surface area contributed by atoms with Crippen LogP contribution in [0.5, 0.6) is 0 Å². The summed E-state index contributed by atoms with van der Waals surface area (Å²) in [5.74, 6) is -0.260. The molecule has 0 radical (unpaired) electrons. The van der Waals surface area contributed by atoms with E-state index in [9.17, 15) is 14.4 Å². The molecule has 1 aromatic carbocycles. The molecule has 8 nitrogen and oxygen atoms in total. The predicted molar refractivity (Wildman–Crippen MR) is 110 cm³/mol. The van der Waals surface area contributed by atoms with E-state index >= 15 is 0 Å². The average Bonchev–Trinajstić information content (AvgIpc) is 3.45. The van der Waals surface area contributed by atoms with E-state index < -0.39 is 24.0 Å². The van der Waals surface area contributed by atoms with Crippen molar-refractivity contribution in [1.29, 1.82) is 0 Å². The van der Waals surface area contributed by atoms with Crippen molar-refractivity contribution in [2.24, 2.45) is 5.10 Å². The van der Waals surface area contributed by atoms with Gasteiger partial charge in [0.2, 0.25) is 0 Å². The molecule has 9 heteroatoms. The lowest BCUT2D eigenvalue weighted by Crippen LogP contribution is -2.41. The summed E-state index contributed by atoms with van der Waals surface area (Å²) in [7, 11) is 0. The van der Waals surface area contributed by atoms with Gasteiger partial charge in [-0.15, -0.1) is 0 Å². The Morgan fingerprint density at radius 1 is 1.27 bits per heavy atom. The van der Waals surface area contributed by atoms with Crippen molar-refractivity contribution in [2.75, 3.05) is 6.54 Å². The number of hydrogen-bond acceptors (Lipinski definition) is 5. The third kappa shape index (κ3) is 3.82. The van der Waals surface area contributed by atoms with E-state index in [4.69, 9.17) is 16.0 Å². The smallest absolute Gasteiger partial charge is 0.325 e. The molecular weight excluding hydrogens is 408 g/mol. The second-order valence-electron chi connectivity index (χ2n) is 7.24. The Bertz CT molecular complexity index is 987. The predicted octanol–water partition coefficient (Wildman–Crippen LogP) is 3.33. The Labute approximate surface area is 178 Å². The van der Waals surface area contributed by atoms with E-state index in [1.807, 2.05) is 19.1 Å². The maximum Gasteiger partial charge on any atom is 0.325 e. The SMILES string of the molecule is CCC[C@H]1NC(=O)N(CC(=O)N2N=C(c3ccc(Cl)cc3)C[C@@H]2c2ccco2)C1=O. The highest BCUT2D eigenvalue weighted by Crippen LogP contribution is 2.33. The van der Waals surface area contributed by atoms with Gasteiger partial charge in [-0.2, -0.15) is 5.10 Å². The molecule has 0 bridgehead atoms. The van der Waals surface area contributed by atoms with E-state index in [0.29, 0.717) is 29.3 Å². The molecule has 4 rings (SSSR count). The largest absolute Gasteiger partial charge is 0.467 e. The summed E-state index contributed by atoms with van der Waals surface area (Å²) in [6.07, 6.45) is 3.26. The fourth-order valence-corrected chi connectivity index (χ4v) is 3.80. The molecule has 3 heterocycles. The Morgan fingerprint density at radius 2 is 2.03 bits per heavy atom. The van der Waals surface area contributed by atoms with Crippen molar-refractivity contribution in [2.45, 2.75) is 38.3 Å². The van der Waals surface area contributed by atoms with Crippen molar-refractivity contribution in [1.82, 2.24) is 15.2 Å². The maximum atomic E-state index is 13.1. The summed E-state index contributed by atoms with van der Waals surface area (Å²) in [6, 6.07) is 9.11. The number of hydrogen-bond donors (Lipinski definition) is 1. The van der Waals surface area contributed by atoms with Crippen molar-refractivity contribution in [3.63, 3.8) is 0 Å². The molecule has 1 aromatic heterocycles. The van der Waals surface area contributed by atoms with Gasteiger partial charge in [-0.1, -0.05) is 37.1 Å². The molecule has 0 aliphatic carbocycles. The summed E-state index contributed by atoms with van der Waals surface area (Å²) in [4.78, 5) is 38.7. The first-order valence-electron chi connectivity index (χ1n) is 9.78. The molecule has 2 atom stereocenters. The summed E-state index contributed by atoms with van der Waals surface area (Å²) in [6.45, 7) is 1.55. The van der Waals surface area contributed by atoms with Crippen molar-refractivity contribution >= 4 is 35.2 Å². The number of imide groups is 1. The maximum absolute atomic E-state index is 13.1. The number of carbonyl (C=O) groups excluding carboxylic acids is 3. The van der Waals surface area contributed by atoms with Gasteiger partial charge < -0.3 is 9.73 Å². The molecule has 0 unspecified atom stereocenters. The summed E-state index contributed by atoms with van der Waals surface area (Å²) >= 11 is 5.97. The number of urea groups is 1. The fourth-order valence-electron chi connectivity index (χ4n) is 3.68. The van der Waals surface area contributed by atoms with Gasteiger partial charge in [-0.05, 0) is 36.2 Å². The number of nitrogens with zero attached hydrogens (tertiary/aromatic N) is 3. The number of hydrazone groups is 1. The van der Waals surface area contributed by atoms with Crippen LogP contribution in [0.1, 0.15) is 43.6 Å². The first-order valence-corrected chi connectivity index (χ1v) is 10.2. The number of carbonyl (C=O) groups is 3. The number of nitrogens with one attached hydrogen (secondary N) is 1. The number of rotatable bonds is 6. The zero-order valence-electron chi connectivity index (χ0n) is 16.4. The van der Waals surface area contributed by atoms with Gasteiger partial charge in [0.05, 0.1) is 12.0 Å². The second-order valence-corrected chi connectivity index (χ2v) is 7.68. The Balaban J connectivity index is 1.57. The van der Waals surface area contributed by atoms with Crippen LogP contribution in [0.15, 0.2) is 52.2 Å². The second kappa shape index (κ2) is 8.31.